The fourth-order valence-corrected chi connectivity index (χ4v) is 1.05. The quantitative estimate of drug-likeness (QED) is 0.782. The molecule has 2 N–H and O–H groups in total. The standard InChI is InChI=1S/C9H9N3O2/c1-6-3-2-4-7(5-6)13-9-8(10)11-14-12-9/h2-5H,1H3,(H2,10,11). The molecule has 2 rings (SSSR count). The van der Waals surface area contributed by atoms with Gasteiger partial charge >= 0.3 is 5.88 Å². The van der Waals surface area contributed by atoms with Crippen molar-refractivity contribution >= 4 is 5.82 Å². The Morgan fingerprint density at radius 3 is 2.86 bits per heavy atom. The lowest BCUT2D eigenvalue weighted by Gasteiger charge is -2.01. The molecule has 0 aliphatic rings. The predicted octanol–water partition coefficient (Wildman–Crippen LogP) is 1.75. The van der Waals surface area contributed by atoms with Crippen LogP contribution in [0.2, 0.25) is 0 Å². The van der Waals surface area contributed by atoms with Crippen molar-refractivity contribution in [3.05, 3.63) is 29.8 Å². The zero-order chi connectivity index (χ0) is 9.97. The molecule has 0 unspecified atom stereocenters. The van der Waals surface area contributed by atoms with Crippen LogP contribution in [0.3, 0.4) is 0 Å². The number of anilines is 1. The average molecular weight is 191 g/mol. The molecule has 0 saturated carbocycles. The number of aryl methyl sites for hydroxylation is 1. The summed E-state index contributed by atoms with van der Waals surface area (Å²) in [4.78, 5) is 0. The van der Waals surface area contributed by atoms with Crippen LogP contribution in [-0.2, 0) is 0 Å². The Kier molecular flexibility index (Phi) is 2.06. The molecule has 0 radical (unpaired) electrons. The summed E-state index contributed by atoms with van der Waals surface area (Å²) < 4.78 is 9.74. The maximum atomic E-state index is 5.43. The number of nitrogens with two attached hydrogens (primary N) is 1. The first kappa shape index (κ1) is 8.55. The Labute approximate surface area is 80.4 Å². The summed E-state index contributed by atoms with van der Waals surface area (Å²) in [5.74, 6) is 0.995. The number of hydrogen-bond donors (Lipinski definition) is 1. The molecule has 2 aromatic rings. The summed E-state index contributed by atoms with van der Waals surface area (Å²) in [7, 11) is 0. The van der Waals surface area contributed by atoms with Crippen LogP contribution >= 0.6 is 0 Å². The van der Waals surface area contributed by atoms with E-state index in [0.717, 1.165) is 5.56 Å². The monoisotopic (exact) mass is 191 g/mol. The van der Waals surface area contributed by atoms with E-state index in [-0.39, 0.29) is 11.7 Å². The van der Waals surface area contributed by atoms with Gasteiger partial charge in [-0.2, -0.15) is 0 Å². The van der Waals surface area contributed by atoms with Crippen LogP contribution in [0.5, 0.6) is 11.6 Å². The Morgan fingerprint density at radius 1 is 1.36 bits per heavy atom. The van der Waals surface area contributed by atoms with E-state index < -0.39 is 0 Å². The van der Waals surface area contributed by atoms with Crippen molar-refractivity contribution in [2.45, 2.75) is 6.92 Å². The molecular formula is C9H9N3O2. The first-order chi connectivity index (χ1) is 6.75. The van der Waals surface area contributed by atoms with E-state index in [0.29, 0.717) is 5.75 Å². The van der Waals surface area contributed by atoms with Crippen LogP contribution in [0, 0.1) is 6.92 Å². The van der Waals surface area contributed by atoms with Gasteiger partial charge in [0, 0.05) is 0 Å². The minimum absolute atomic E-state index is 0.145. The number of hydrogen-bond acceptors (Lipinski definition) is 5. The van der Waals surface area contributed by atoms with Crippen molar-refractivity contribution in [1.82, 2.24) is 10.3 Å². The number of ether oxygens (including phenoxy) is 1. The van der Waals surface area contributed by atoms with E-state index in [9.17, 15) is 0 Å². The van der Waals surface area contributed by atoms with E-state index >= 15 is 0 Å². The molecule has 0 atom stereocenters. The van der Waals surface area contributed by atoms with E-state index in [1.165, 1.54) is 0 Å². The summed E-state index contributed by atoms with van der Waals surface area (Å²) in [6.45, 7) is 1.97. The summed E-state index contributed by atoms with van der Waals surface area (Å²) in [5, 5.41) is 6.91. The molecule has 0 saturated heterocycles. The summed E-state index contributed by atoms with van der Waals surface area (Å²) in [6.07, 6.45) is 0. The van der Waals surface area contributed by atoms with Gasteiger partial charge in [0.15, 0.2) is 0 Å². The first-order valence-corrected chi connectivity index (χ1v) is 4.08. The van der Waals surface area contributed by atoms with Crippen molar-refractivity contribution in [3.8, 4) is 11.6 Å². The van der Waals surface area contributed by atoms with E-state index in [1.54, 1.807) is 6.07 Å². The highest BCUT2D eigenvalue weighted by molar-refractivity contribution is 5.41. The molecule has 5 nitrogen and oxygen atoms in total. The molecule has 1 heterocycles. The molecule has 1 aromatic heterocycles. The second kappa shape index (κ2) is 3.37. The van der Waals surface area contributed by atoms with Gasteiger partial charge in [-0.25, -0.2) is 4.63 Å². The molecule has 0 aliphatic heterocycles. The van der Waals surface area contributed by atoms with Crippen molar-refractivity contribution in [2.24, 2.45) is 0 Å². The van der Waals surface area contributed by atoms with Gasteiger partial charge < -0.3 is 10.5 Å². The largest absolute Gasteiger partial charge is 0.434 e. The normalized spacial score (nSPS) is 10.1. The molecule has 0 bridgehead atoms. The maximum Gasteiger partial charge on any atom is 0.305 e. The van der Waals surface area contributed by atoms with Gasteiger partial charge in [-0.3, -0.25) is 0 Å². The second-order valence-electron chi connectivity index (χ2n) is 2.87. The SMILES string of the molecule is Cc1cccc(Oc2nonc2N)c1. The summed E-state index contributed by atoms with van der Waals surface area (Å²) in [6, 6.07) is 7.53. The van der Waals surface area contributed by atoms with Gasteiger partial charge in [0.05, 0.1) is 0 Å². The number of nitrogens with zero attached hydrogens (tertiary/aromatic N) is 2. The maximum absolute atomic E-state index is 5.43. The predicted molar refractivity (Wildman–Crippen MR) is 50.0 cm³/mol. The van der Waals surface area contributed by atoms with Crippen molar-refractivity contribution in [2.75, 3.05) is 5.73 Å². The highest BCUT2D eigenvalue weighted by atomic mass is 16.6. The van der Waals surface area contributed by atoms with Crippen LogP contribution in [0.15, 0.2) is 28.9 Å². The number of benzene rings is 1. The van der Waals surface area contributed by atoms with Gasteiger partial charge in [0.2, 0.25) is 5.82 Å². The van der Waals surface area contributed by atoms with E-state index in [2.05, 4.69) is 14.9 Å². The molecule has 0 fully saturated rings. The van der Waals surface area contributed by atoms with E-state index in [4.69, 9.17) is 10.5 Å². The minimum atomic E-state index is 0.145. The molecular weight excluding hydrogens is 182 g/mol. The summed E-state index contributed by atoms with van der Waals surface area (Å²) in [5.41, 5.74) is 6.53. The Bertz CT molecular complexity index is 439. The molecule has 1 aromatic carbocycles. The zero-order valence-electron chi connectivity index (χ0n) is 7.60. The molecule has 72 valence electrons. The van der Waals surface area contributed by atoms with Crippen LogP contribution in [-0.4, -0.2) is 10.3 Å². The van der Waals surface area contributed by atoms with Crippen molar-refractivity contribution in [1.29, 1.82) is 0 Å². The molecule has 0 aliphatic carbocycles. The van der Waals surface area contributed by atoms with Crippen LogP contribution in [0.1, 0.15) is 5.56 Å². The highest BCUT2D eigenvalue weighted by Gasteiger charge is 2.07. The van der Waals surface area contributed by atoms with Gasteiger partial charge in [-0.15, -0.1) is 0 Å². The molecule has 0 spiro atoms. The smallest absolute Gasteiger partial charge is 0.305 e. The topological polar surface area (TPSA) is 74.2 Å². The third-order valence-corrected chi connectivity index (χ3v) is 1.69. The summed E-state index contributed by atoms with van der Waals surface area (Å²) >= 11 is 0. The Morgan fingerprint density at radius 2 is 2.21 bits per heavy atom. The van der Waals surface area contributed by atoms with Crippen LogP contribution in [0.25, 0.3) is 0 Å². The van der Waals surface area contributed by atoms with Gasteiger partial charge in [0.25, 0.3) is 0 Å². The third-order valence-electron chi connectivity index (χ3n) is 1.69. The van der Waals surface area contributed by atoms with Crippen LogP contribution in [0.4, 0.5) is 5.82 Å². The lowest BCUT2D eigenvalue weighted by molar-refractivity contribution is 0.290. The third kappa shape index (κ3) is 1.66. The second-order valence-corrected chi connectivity index (χ2v) is 2.87. The lowest BCUT2D eigenvalue weighted by atomic mass is 10.2. The van der Waals surface area contributed by atoms with Gasteiger partial charge in [0.1, 0.15) is 5.75 Å². The number of aromatic nitrogens is 2. The molecule has 5 heteroatoms. The Hall–Kier alpha value is -2.04. The lowest BCUT2D eigenvalue weighted by Crippen LogP contribution is -1.90. The average Bonchev–Trinajstić information content (AvgIpc) is 2.52. The van der Waals surface area contributed by atoms with Crippen molar-refractivity contribution in [3.63, 3.8) is 0 Å². The Balaban J connectivity index is 2.23. The zero-order valence-corrected chi connectivity index (χ0v) is 7.60. The first-order valence-electron chi connectivity index (χ1n) is 4.08. The fraction of sp³-hybridized carbons (Fsp3) is 0.111. The number of rotatable bonds is 2. The van der Waals surface area contributed by atoms with Crippen LogP contribution < -0.4 is 10.5 Å². The van der Waals surface area contributed by atoms with Gasteiger partial charge in [-0.1, -0.05) is 12.1 Å². The molecule has 0 amide bonds. The van der Waals surface area contributed by atoms with E-state index in [1.807, 2.05) is 25.1 Å². The number of nitrogen functional groups attached to an aromatic ring is 1. The molecule has 14 heavy (non-hydrogen) atoms. The minimum Gasteiger partial charge on any atom is -0.434 e. The van der Waals surface area contributed by atoms with Crippen molar-refractivity contribution < 1.29 is 9.37 Å². The fourth-order valence-electron chi connectivity index (χ4n) is 1.05. The highest BCUT2D eigenvalue weighted by Crippen LogP contribution is 2.23. The van der Waals surface area contributed by atoms with Gasteiger partial charge in [-0.05, 0) is 34.9 Å².